The summed E-state index contributed by atoms with van der Waals surface area (Å²) in [5.74, 6) is 0.528. The van der Waals surface area contributed by atoms with E-state index >= 15 is 0 Å². The van der Waals surface area contributed by atoms with Crippen molar-refractivity contribution in [2.75, 3.05) is 13.7 Å². The van der Waals surface area contributed by atoms with Crippen molar-refractivity contribution in [3.63, 3.8) is 0 Å². The van der Waals surface area contributed by atoms with Crippen molar-refractivity contribution in [3.8, 4) is 11.5 Å². The highest BCUT2D eigenvalue weighted by Gasteiger charge is 2.34. The highest BCUT2D eigenvalue weighted by atomic mass is 35.5. The van der Waals surface area contributed by atoms with Gasteiger partial charge in [0, 0.05) is 10.0 Å². The molecule has 44 heavy (non-hydrogen) atoms. The van der Waals surface area contributed by atoms with Crippen molar-refractivity contribution in [1.82, 2.24) is 4.57 Å². The standard InChI is InChI=1S/C34H32Cl2N2O5S/c1-4-5-9-16-42-27-15-13-24(17-28(27)41-3)31-30(33(40)43-20-22-10-7-6-8-11-22)21(2)37-34-38(31)32(39)29(44-34)18-23-12-14-25(35)19-26(23)36/h6-8,10-15,17-19,31H,4-5,9,16,20H2,1-3H3/b29-18-. The molecule has 228 valence electrons. The van der Waals surface area contributed by atoms with E-state index in [-0.39, 0.29) is 17.7 Å². The van der Waals surface area contributed by atoms with Crippen molar-refractivity contribution >= 4 is 46.6 Å². The number of aromatic nitrogens is 1. The fraction of sp³-hybridized carbons (Fsp3) is 0.265. The first-order valence-electron chi connectivity index (χ1n) is 14.3. The lowest BCUT2D eigenvalue weighted by atomic mass is 9.95. The predicted octanol–water partition coefficient (Wildman–Crippen LogP) is 6.86. The molecule has 5 rings (SSSR count). The second-order valence-electron chi connectivity index (χ2n) is 10.3. The largest absolute Gasteiger partial charge is 0.493 e. The molecule has 3 aromatic carbocycles. The van der Waals surface area contributed by atoms with Crippen LogP contribution < -0.4 is 24.4 Å². The third-order valence-corrected chi connectivity index (χ3v) is 8.76. The molecular formula is C34H32Cl2N2O5S. The topological polar surface area (TPSA) is 79.1 Å². The summed E-state index contributed by atoms with van der Waals surface area (Å²) >= 11 is 13.7. The van der Waals surface area contributed by atoms with Gasteiger partial charge in [0.15, 0.2) is 16.3 Å². The number of halogens is 2. The number of hydrogen-bond acceptors (Lipinski definition) is 7. The van der Waals surface area contributed by atoms with Gasteiger partial charge >= 0.3 is 5.97 Å². The van der Waals surface area contributed by atoms with Crippen molar-refractivity contribution < 1.29 is 19.0 Å². The zero-order valence-corrected chi connectivity index (χ0v) is 27.0. The van der Waals surface area contributed by atoms with Gasteiger partial charge < -0.3 is 14.2 Å². The van der Waals surface area contributed by atoms with E-state index < -0.39 is 12.0 Å². The van der Waals surface area contributed by atoms with E-state index in [9.17, 15) is 9.59 Å². The van der Waals surface area contributed by atoms with E-state index in [4.69, 9.17) is 37.4 Å². The maximum atomic E-state index is 14.0. The van der Waals surface area contributed by atoms with Crippen molar-refractivity contribution in [1.29, 1.82) is 0 Å². The van der Waals surface area contributed by atoms with Gasteiger partial charge in [-0.15, -0.1) is 0 Å². The molecule has 1 aliphatic rings. The smallest absolute Gasteiger partial charge is 0.338 e. The number of rotatable bonds is 11. The van der Waals surface area contributed by atoms with Crippen molar-refractivity contribution in [2.24, 2.45) is 4.99 Å². The van der Waals surface area contributed by atoms with Gasteiger partial charge in [-0.2, -0.15) is 0 Å². The summed E-state index contributed by atoms with van der Waals surface area (Å²) in [6.07, 6.45) is 4.78. The Hall–Kier alpha value is -3.85. The summed E-state index contributed by atoms with van der Waals surface area (Å²) < 4.78 is 19.4. The van der Waals surface area contributed by atoms with Crippen LogP contribution in [0.3, 0.4) is 0 Å². The lowest BCUT2D eigenvalue weighted by molar-refractivity contribution is -0.140. The van der Waals surface area contributed by atoms with Crippen LogP contribution in [0.2, 0.25) is 10.0 Å². The molecule has 1 unspecified atom stereocenters. The number of unbranched alkanes of at least 4 members (excludes halogenated alkanes) is 2. The van der Waals surface area contributed by atoms with Crippen LogP contribution in [0.1, 0.15) is 55.8 Å². The zero-order valence-electron chi connectivity index (χ0n) is 24.6. The molecule has 0 N–H and O–H groups in total. The molecule has 0 aliphatic carbocycles. The maximum Gasteiger partial charge on any atom is 0.338 e. The Kier molecular flexibility index (Phi) is 10.3. The molecule has 4 aromatic rings. The van der Waals surface area contributed by atoms with Crippen LogP contribution in [0, 0.1) is 0 Å². The van der Waals surface area contributed by atoms with Crippen LogP contribution >= 0.6 is 34.5 Å². The predicted molar refractivity (Wildman–Crippen MR) is 174 cm³/mol. The Labute approximate surface area is 269 Å². The first-order valence-corrected chi connectivity index (χ1v) is 15.9. The highest BCUT2D eigenvalue weighted by molar-refractivity contribution is 7.07. The fourth-order valence-corrected chi connectivity index (χ4v) is 6.47. The average Bonchev–Trinajstić information content (AvgIpc) is 3.33. The molecular weight excluding hydrogens is 619 g/mol. The Balaban J connectivity index is 1.60. The van der Waals surface area contributed by atoms with Gasteiger partial charge in [-0.1, -0.05) is 96.8 Å². The van der Waals surface area contributed by atoms with Gasteiger partial charge in [-0.25, -0.2) is 9.79 Å². The average molecular weight is 652 g/mol. The van der Waals surface area contributed by atoms with E-state index in [1.807, 2.05) is 42.5 Å². The summed E-state index contributed by atoms with van der Waals surface area (Å²) in [6, 6.07) is 19.2. The van der Waals surface area contributed by atoms with Gasteiger partial charge in [0.25, 0.3) is 5.56 Å². The molecule has 0 saturated carbocycles. The first-order chi connectivity index (χ1) is 21.3. The number of fused-ring (bicyclic) bond motifs is 1. The molecule has 0 fully saturated rings. The van der Waals surface area contributed by atoms with Crippen LogP contribution in [-0.2, 0) is 16.1 Å². The first kappa shape index (κ1) is 31.6. The van der Waals surface area contributed by atoms with Gasteiger partial charge in [-0.3, -0.25) is 9.36 Å². The van der Waals surface area contributed by atoms with Gasteiger partial charge in [0.2, 0.25) is 0 Å². The lowest BCUT2D eigenvalue weighted by Gasteiger charge is -2.25. The highest BCUT2D eigenvalue weighted by Crippen LogP contribution is 2.36. The molecule has 1 atom stereocenters. The Morgan fingerprint density at radius 3 is 2.57 bits per heavy atom. The molecule has 0 radical (unpaired) electrons. The second-order valence-corrected chi connectivity index (χ2v) is 12.1. The summed E-state index contributed by atoms with van der Waals surface area (Å²) in [7, 11) is 1.56. The van der Waals surface area contributed by atoms with E-state index in [1.165, 1.54) is 15.9 Å². The third kappa shape index (κ3) is 6.93. The van der Waals surface area contributed by atoms with E-state index in [1.54, 1.807) is 44.4 Å². The number of esters is 1. The normalized spacial score (nSPS) is 14.7. The number of benzene rings is 3. The number of thiazole rings is 1. The second kappa shape index (κ2) is 14.3. The molecule has 1 aromatic heterocycles. The molecule has 1 aliphatic heterocycles. The third-order valence-electron chi connectivity index (χ3n) is 7.21. The molecule has 0 spiro atoms. The quantitative estimate of drug-likeness (QED) is 0.131. The summed E-state index contributed by atoms with van der Waals surface area (Å²) in [6.45, 7) is 4.53. The Morgan fingerprint density at radius 1 is 1.05 bits per heavy atom. The van der Waals surface area contributed by atoms with Gasteiger partial charge in [-0.05, 0) is 60.4 Å². The minimum atomic E-state index is -0.819. The van der Waals surface area contributed by atoms with Crippen LogP contribution in [0.25, 0.3) is 6.08 Å². The summed E-state index contributed by atoms with van der Waals surface area (Å²) in [5, 5.41) is 0.912. The summed E-state index contributed by atoms with van der Waals surface area (Å²) in [5.41, 5.74) is 2.56. The van der Waals surface area contributed by atoms with Crippen molar-refractivity contribution in [3.05, 3.63) is 124 Å². The maximum absolute atomic E-state index is 14.0. The van der Waals surface area contributed by atoms with Crippen LogP contribution in [-0.4, -0.2) is 24.3 Å². The minimum Gasteiger partial charge on any atom is -0.493 e. The molecule has 7 nitrogen and oxygen atoms in total. The number of allylic oxidation sites excluding steroid dienone is 1. The molecule has 0 bridgehead atoms. The van der Waals surface area contributed by atoms with Crippen LogP contribution in [0.15, 0.2) is 87.8 Å². The van der Waals surface area contributed by atoms with E-state index in [0.717, 1.165) is 24.8 Å². The summed E-state index contributed by atoms with van der Waals surface area (Å²) in [4.78, 5) is 32.9. The van der Waals surface area contributed by atoms with Crippen molar-refractivity contribution in [2.45, 2.75) is 45.8 Å². The number of ether oxygens (including phenoxy) is 3. The number of carbonyl (C=O) groups excluding carboxylic acids is 1. The van der Waals surface area contributed by atoms with Gasteiger partial charge in [0.1, 0.15) is 6.61 Å². The van der Waals surface area contributed by atoms with Crippen LogP contribution in [0.5, 0.6) is 11.5 Å². The minimum absolute atomic E-state index is 0.0799. The number of hydrogen-bond donors (Lipinski definition) is 0. The van der Waals surface area contributed by atoms with Gasteiger partial charge in [0.05, 0.1) is 35.6 Å². The molecule has 10 heteroatoms. The van der Waals surface area contributed by atoms with Crippen LogP contribution in [0.4, 0.5) is 0 Å². The number of nitrogens with zero attached hydrogens (tertiary/aromatic N) is 2. The Bertz CT molecular complexity index is 1880. The molecule has 0 saturated heterocycles. The SMILES string of the molecule is CCCCCOc1ccc(C2C(C(=O)OCc3ccccc3)=C(C)N=c3s/c(=C\c4ccc(Cl)cc4Cl)c(=O)n32)cc1OC. The number of carbonyl (C=O) groups is 1. The molecule has 0 amide bonds. The van der Waals surface area contributed by atoms with E-state index in [2.05, 4.69) is 11.9 Å². The fourth-order valence-electron chi connectivity index (χ4n) is 4.97. The van der Waals surface area contributed by atoms with E-state index in [0.29, 0.717) is 54.3 Å². The zero-order chi connectivity index (χ0) is 31.2. The Morgan fingerprint density at radius 2 is 1.84 bits per heavy atom. The monoisotopic (exact) mass is 650 g/mol. The lowest BCUT2D eigenvalue weighted by Crippen LogP contribution is -2.39. The number of methoxy groups -OCH3 is 1. The molecule has 2 heterocycles.